The van der Waals surface area contributed by atoms with Crippen LogP contribution in [0, 0.1) is 6.92 Å². The van der Waals surface area contributed by atoms with Crippen LogP contribution in [0.15, 0.2) is 22.6 Å². The molecular formula is C17H25NO. The molecule has 104 valence electrons. The van der Waals surface area contributed by atoms with Gasteiger partial charge in [0.2, 0.25) is 0 Å². The number of hydrogen-bond donors (Lipinski definition) is 1. The predicted octanol–water partition coefficient (Wildman–Crippen LogP) is 4.75. The van der Waals surface area contributed by atoms with Gasteiger partial charge in [-0.3, -0.25) is 0 Å². The normalized spacial score (nSPS) is 13.1. The molecule has 1 unspecified atom stereocenters. The summed E-state index contributed by atoms with van der Waals surface area (Å²) in [6.45, 7) is 9.64. The summed E-state index contributed by atoms with van der Waals surface area (Å²) in [5.41, 5.74) is 3.71. The molecule has 1 N–H and O–H groups in total. The molecule has 0 bridgehead atoms. The summed E-state index contributed by atoms with van der Waals surface area (Å²) in [7, 11) is 0. The molecule has 2 nitrogen and oxygen atoms in total. The van der Waals surface area contributed by atoms with Crippen molar-refractivity contribution < 1.29 is 4.42 Å². The molecule has 2 aromatic rings. The zero-order chi connectivity index (χ0) is 13.8. The highest BCUT2D eigenvalue weighted by Gasteiger charge is 2.15. The summed E-state index contributed by atoms with van der Waals surface area (Å²) in [5, 5.41) is 4.69. The van der Waals surface area contributed by atoms with Crippen molar-refractivity contribution in [1.29, 1.82) is 0 Å². The van der Waals surface area contributed by atoms with Gasteiger partial charge in [0, 0.05) is 5.39 Å². The van der Waals surface area contributed by atoms with Crippen LogP contribution in [-0.2, 0) is 6.42 Å². The molecule has 19 heavy (non-hydrogen) atoms. The minimum Gasteiger partial charge on any atom is -0.459 e. The Labute approximate surface area is 116 Å². The first-order valence-corrected chi connectivity index (χ1v) is 7.42. The second-order valence-corrected chi connectivity index (χ2v) is 5.30. The van der Waals surface area contributed by atoms with Crippen LogP contribution >= 0.6 is 0 Å². The topological polar surface area (TPSA) is 25.2 Å². The van der Waals surface area contributed by atoms with Gasteiger partial charge >= 0.3 is 0 Å². The lowest BCUT2D eigenvalue weighted by molar-refractivity contribution is 0.456. The van der Waals surface area contributed by atoms with E-state index in [1.54, 1.807) is 0 Å². The van der Waals surface area contributed by atoms with Crippen LogP contribution in [0.5, 0.6) is 0 Å². The van der Waals surface area contributed by atoms with Gasteiger partial charge in [-0.05, 0) is 56.5 Å². The van der Waals surface area contributed by atoms with Crippen molar-refractivity contribution in [1.82, 2.24) is 5.32 Å². The maximum absolute atomic E-state index is 6.01. The summed E-state index contributed by atoms with van der Waals surface area (Å²) < 4.78 is 6.01. The highest BCUT2D eigenvalue weighted by atomic mass is 16.3. The molecule has 0 aliphatic carbocycles. The number of benzene rings is 1. The fraction of sp³-hybridized carbons (Fsp3) is 0.529. The van der Waals surface area contributed by atoms with E-state index < -0.39 is 0 Å². The molecule has 2 heteroatoms. The van der Waals surface area contributed by atoms with Crippen molar-refractivity contribution in [2.45, 2.75) is 53.0 Å². The minimum atomic E-state index is 0.275. The molecule has 1 aromatic carbocycles. The van der Waals surface area contributed by atoms with Crippen molar-refractivity contribution in [3.63, 3.8) is 0 Å². The first kappa shape index (κ1) is 14.1. The molecule has 0 saturated heterocycles. The molecule has 0 saturated carbocycles. The van der Waals surface area contributed by atoms with Crippen molar-refractivity contribution in [2.75, 3.05) is 6.54 Å². The SMILES string of the molecule is CCCCc1ccc2oc(C(C)NCC)c(C)c2c1. The van der Waals surface area contributed by atoms with Crippen LogP contribution in [0.4, 0.5) is 0 Å². The van der Waals surface area contributed by atoms with E-state index in [9.17, 15) is 0 Å². The van der Waals surface area contributed by atoms with Crippen molar-refractivity contribution >= 4 is 11.0 Å². The summed E-state index contributed by atoms with van der Waals surface area (Å²) >= 11 is 0. The molecule has 2 rings (SSSR count). The Morgan fingerprint density at radius 1 is 1.26 bits per heavy atom. The largest absolute Gasteiger partial charge is 0.459 e. The zero-order valence-electron chi connectivity index (χ0n) is 12.5. The fourth-order valence-corrected chi connectivity index (χ4v) is 2.64. The number of unbranched alkanes of at least 4 members (excludes halogenated alkanes) is 1. The van der Waals surface area contributed by atoms with Gasteiger partial charge in [-0.25, -0.2) is 0 Å². The smallest absolute Gasteiger partial charge is 0.134 e. The first-order chi connectivity index (χ1) is 9.17. The number of nitrogens with one attached hydrogen (secondary N) is 1. The molecule has 0 aliphatic heterocycles. The van der Waals surface area contributed by atoms with Crippen molar-refractivity contribution in [3.05, 3.63) is 35.1 Å². The molecule has 0 amide bonds. The lowest BCUT2D eigenvalue weighted by Crippen LogP contribution is -2.17. The van der Waals surface area contributed by atoms with E-state index >= 15 is 0 Å². The average Bonchev–Trinajstić information content (AvgIpc) is 2.74. The van der Waals surface area contributed by atoms with Crippen molar-refractivity contribution in [2.24, 2.45) is 0 Å². The Morgan fingerprint density at radius 3 is 2.74 bits per heavy atom. The van der Waals surface area contributed by atoms with E-state index in [0.29, 0.717) is 0 Å². The van der Waals surface area contributed by atoms with Gasteiger partial charge in [0.15, 0.2) is 0 Å². The van der Waals surface area contributed by atoms with Crippen LogP contribution in [0.25, 0.3) is 11.0 Å². The third kappa shape index (κ3) is 3.01. The van der Waals surface area contributed by atoms with Gasteiger partial charge in [0.1, 0.15) is 11.3 Å². The van der Waals surface area contributed by atoms with Crippen LogP contribution in [-0.4, -0.2) is 6.54 Å². The Balaban J connectivity index is 2.34. The van der Waals surface area contributed by atoms with E-state index in [0.717, 1.165) is 24.3 Å². The van der Waals surface area contributed by atoms with Gasteiger partial charge in [0.05, 0.1) is 6.04 Å². The van der Waals surface area contributed by atoms with Crippen LogP contribution in [0.3, 0.4) is 0 Å². The highest BCUT2D eigenvalue weighted by molar-refractivity contribution is 5.82. The Kier molecular flexibility index (Phi) is 4.65. The van der Waals surface area contributed by atoms with Gasteiger partial charge in [-0.2, -0.15) is 0 Å². The molecule has 0 spiro atoms. The van der Waals surface area contributed by atoms with Crippen molar-refractivity contribution in [3.8, 4) is 0 Å². The molecule has 0 aliphatic rings. The van der Waals surface area contributed by atoms with Crippen LogP contribution in [0.2, 0.25) is 0 Å². The molecule has 0 fully saturated rings. The summed E-state index contributed by atoms with van der Waals surface area (Å²) in [4.78, 5) is 0. The van der Waals surface area contributed by atoms with Crippen LogP contribution < -0.4 is 5.32 Å². The Morgan fingerprint density at radius 2 is 2.05 bits per heavy atom. The fourth-order valence-electron chi connectivity index (χ4n) is 2.64. The maximum Gasteiger partial charge on any atom is 0.134 e. The van der Waals surface area contributed by atoms with E-state index in [2.05, 4.69) is 51.2 Å². The second-order valence-electron chi connectivity index (χ2n) is 5.30. The number of rotatable bonds is 6. The molecule has 1 atom stereocenters. The van der Waals surface area contributed by atoms with Gasteiger partial charge in [0.25, 0.3) is 0 Å². The summed E-state index contributed by atoms with van der Waals surface area (Å²) in [6, 6.07) is 6.89. The summed E-state index contributed by atoms with van der Waals surface area (Å²) in [5.74, 6) is 1.07. The second kappa shape index (κ2) is 6.25. The Hall–Kier alpha value is -1.28. The highest BCUT2D eigenvalue weighted by Crippen LogP contribution is 2.30. The number of furan rings is 1. The third-order valence-corrected chi connectivity index (χ3v) is 3.76. The standard InChI is InChI=1S/C17H25NO/c1-5-7-8-14-9-10-16-15(11-14)12(3)17(19-16)13(4)18-6-2/h9-11,13,18H,5-8H2,1-4H3. The minimum absolute atomic E-state index is 0.275. The summed E-state index contributed by atoms with van der Waals surface area (Å²) in [6.07, 6.45) is 3.66. The number of fused-ring (bicyclic) bond motifs is 1. The van der Waals surface area contributed by atoms with Gasteiger partial charge in [-0.1, -0.05) is 26.3 Å². The lowest BCUT2D eigenvalue weighted by atomic mass is 10.0. The molecule has 1 aromatic heterocycles. The molecular weight excluding hydrogens is 234 g/mol. The van der Waals surface area contributed by atoms with E-state index in [1.807, 2.05) is 0 Å². The maximum atomic E-state index is 6.01. The average molecular weight is 259 g/mol. The zero-order valence-corrected chi connectivity index (χ0v) is 12.5. The van der Waals surface area contributed by atoms with E-state index in [1.165, 1.54) is 29.4 Å². The number of hydrogen-bond acceptors (Lipinski definition) is 2. The predicted molar refractivity (Wildman–Crippen MR) is 81.7 cm³/mol. The van der Waals surface area contributed by atoms with E-state index in [4.69, 9.17) is 4.42 Å². The van der Waals surface area contributed by atoms with Gasteiger partial charge < -0.3 is 9.73 Å². The van der Waals surface area contributed by atoms with Gasteiger partial charge in [-0.15, -0.1) is 0 Å². The van der Waals surface area contributed by atoms with E-state index in [-0.39, 0.29) is 6.04 Å². The van der Waals surface area contributed by atoms with Crippen LogP contribution in [0.1, 0.15) is 56.5 Å². The lowest BCUT2D eigenvalue weighted by Gasteiger charge is -2.09. The quantitative estimate of drug-likeness (QED) is 0.809. The molecule has 1 heterocycles. The number of aryl methyl sites for hydroxylation is 2. The molecule has 0 radical (unpaired) electrons. The first-order valence-electron chi connectivity index (χ1n) is 7.42. The Bertz CT molecular complexity index is 541. The monoisotopic (exact) mass is 259 g/mol. The third-order valence-electron chi connectivity index (χ3n) is 3.76.